The summed E-state index contributed by atoms with van der Waals surface area (Å²) in [5, 5.41) is 9.65. The van der Waals surface area contributed by atoms with Crippen LogP contribution in [0.2, 0.25) is 0 Å². The molecule has 2 fully saturated rings. The first-order chi connectivity index (χ1) is 22.7. The predicted octanol–water partition coefficient (Wildman–Crippen LogP) is 13.3. The number of fused-ring (bicyclic) bond motifs is 1. The molecule has 0 amide bonds. The minimum atomic E-state index is -0.361. The number of rotatable bonds is 31. The van der Waals surface area contributed by atoms with Gasteiger partial charge in [0.25, 0.3) is 0 Å². The van der Waals surface area contributed by atoms with Crippen LogP contribution in [0.5, 0.6) is 0 Å². The highest BCUT2D eigenvalue weighted by Gasteiger charge is 2.50. The van der Waals surface area contributed by atoms with Gasteiger partial charge in [0.2, 0.25) is 0 Å². The molecule has 0 aromatic carbocycles. The first kappa shape index (κ1) is 41.0. The van der Waals surface area contributed by atoms with E-state index in [4.69, 9.17) is 9.47 Å². The Labute approximate surface area is 286 Å². The monoisotopic (exact) mass is 641 g/mol. The number of allylic oxidation sites excluding steroid dienone is 8. The summed E-state index contributed by atoms with van der Waals surface area (Å²) >= 11 is 0. The van der Waals surface area contributed by atoms with Gasteiger partial charge in [-0.3, -0.25) is 0 Å². The van der Waals surface area contributed by atoms with E-state index in [1.165, 1.54) is 141 Å². The molecule has 3 heteroatoms. The molecule has 1 saturated carbocycles. The van der Waals surface area contributed by atoms with Gasteiger partial charge in [-0.05, 0) is 95.8 Å². The lowest BCUT2D eigenvalue weighted by Crippen LogP contribution is -2.32. The summed E-state index contributed by atoms with van der Waals surface area (Å²) in [5.41, 5.74) is 0. The highest BCUT2D eigenvalue weighted by Crippen LogP contribution is 2.45. The maximum absolute atomic E-state index is 9.65. The number of hydrogen-bond donors (Lipinski definition) is 1. The second-order valence-electron chi connectivity index (χ2n) is 14.4. The van der Waals surface area contributed by atoms with Crippen molar-refractivity contribution >= 4 is 0 Å². The molecular weight excluding hydrogens is 564 g/mol. The molecule has 0 aromatic heterocycles. The molecule has 0 aromatic rings. The van der Waals surface area contributed by atoms with E-state index >= 15 is 0 Å². The Hall–Kier alpha value is -1.16. The molecule has 1 aliphatic heterocycles. The fourth-order valence-corrected chi connectivity index (χ4v) is 7.16. The Morgan fingerprint density at radius 1 is 0.478 bits per heavy atom. The van der Waals surface area contributed by atoms with Crippen LogP contribution in [0.15, 0.2) is 48.6 Å². The summed E-state index contributed by atoms with van der Waals surface area (Å²) < 4.78 is 13.4. The average molecular weight is 641 g/mol. The van der Waals surface area contributed by atoms with Crippen molar-refractivity contribution in [2.75, 3.05) is 6.61 Å². The molecule has 3 atom stereocenters. The second-order valence-corrected chi connectivity index (χ2v) is 14.4. The highest BCUT2D eigenvalue weighted by molar-refractivity contribution is 4.95. The number of unbranched alkanes of at least 4 members (excludes halogenated alkanes) is 18. The summed E-state index contributed by atoms with van der Waals surface area (Å²) in [5.74, 6) is -0.00280. The number of hydrogen-bond acceptors (Lipinski definition) is 3. The maximum atomic E-state index is 9.65. The van der Waals surface area contributed by atoms with Gasteiger partial charge in [0.1, 0.15) is 0 Å². The molecule has 46 heavy (non-hydrogen) atoms. The topological polar surface area (TPSA) is 38.7 Å². The molecule has 1 heterocycles. The summed E-state index contributed by atoms with van der Waals surface area (Å²) in [6, 6.07) is 0. The molecule has 266 valence electrons. The van der Waals surface area contributed by atoms with Gasteiger partial charge in [-0.2, -0.15) is 0 Å². The minimum Gasteiger partial charge on any atom is -0.396 e. The predicted molar refractivity (Wildman–Crippen MR) is 200 cm³/mol. The Bertz CT molecular complexity index is 732. The highest BCUT2D eigenvalue weighted by atomic mass is 16.8. The number of aliphatic hydroxyl groups is 1. The largest absolute Gasteiger partial charge is 0.396 e. The van der Waals surface area contributed by atoms with Crippen LogP contribution < -0.4 is 0 Å². The van der Waals surface area contributed by atoms with Crippen LogP contribution in [0.3, 0.4) is 0 Å². The Balaban J connectivity index is 1.52. The lowest BCUT2D eigenvalue weighted by atomic mass is 9.98. The SMILES string of the molecule is CCCCC/C=C\C/C=C\CCCCCCCCC1(CCCCCCCC/C=C\C/C=C\CCCCC)O[C@H]2CC(CO)C[C@H]2O1. The van der Waals surface area contributed by atoms with Gasteiger partial charge in [-0.1, -0.05) is 140 Å². The summed E-state index contributed by atoms with van der Waals surface area (Å²) in [6.07, 6.45) is 53.9. The fourth-order valence-electron chi connectivity index (χ4n) is 7.16. The molecule has 1 N–H and O–H groups in total. The first-order valence-electron chi connectivity index (χ1n) is 20.3. The standard InChI is InChI=1S/C43H76O3/c1-3-5-7-9-11-13-15-17-19-21-23-25-27-29-31-33-35-43(45-41-37-40(39-44)38-42(41)46-43)36-34-32-30-28-26-24-22-20-18-16-14-12-10-8-6-4-2/h11-14,17-20,40-42,44H,3-10,15-16,21-39H2,1-2H3/b13-11-,14-12-,19-17-,20-18-/t40?,41-,42+. The van der Waals surface area contributed by atoms with E-state index in [1.807, 2.05) is 0 Å². The average Bonchev–Trinajstić information content (AvgIpc) is 3.60. The van der Waals surface area contributed by atoms with Gasteiger partial charge in [0, 0.05) is 19.4 Å². The van der Waals surface area contributed by atoms with Crippen molar-refractivity contribution in [2.45, 2.75) is 212 Å². The van der Waals surface area contributed by atoms with Gasteiger partial charge in [0.15, 0.2) is 5.79 Å². The quantitative estimate of drug-likeness (QED) is 0.0605. The molecule has 0 spiro atoms. The van der Waals surface area contributed by atoms with Gasteiger partial charge in [-0.15, -0.1) is 0 Å². The van der Waals surface area contributed by atoms with E-state index in [0.29, 0.717) is 5.92 Å². The third-order valence-electron chi connectivity index (χ3n) is 10.1. The van der Waals surface area contributed by atoms with Crippen LogP contribution in [0.1, 0.15) is 194 Å². The van der Waals surface area contributed by atoms with Crippen LogP contribution in [-0.4, -0.2) is 29.7 Å². The lowest BCUT2D eigenvalue weighted by Gasteiger charge is -2.30. The second kappa shape index (κ2) is 28.8. The molecule has 0 radical (unpaired) electrons. The Kier molecular flexibility index (Phi) is 25.7. The molecule has 1 aliphatic carbocycles. The molecule has 2 aliphatic rings. The molecule has 2 rings (SSSR count). The van der Waals surface area contributed by atoms with Gasteiger partial charge in [-0.25, -0.2) is 0 Å². The Morgan fingerprint density at radius 3 is 1.20 bits per heavy atom. The first-order valence-corrected chi connectivity index (χ1v) is 20.3. The van der Waals surface area contributed by atoms with Crippen LogP contribution in [0.4, 0.5) is 0 Å². The van der Waals surface area contributed by atoms with Crippen LogP contribution in [0, 0.1) is 5.92 Å². The maximum Gasteiger partial charge on any atom is 0.169 e. The van der Waals surface area contributed by atoms with Crippen LogP contribution in [0.25, 0.3) is 0 Å². The summed E-state index contributed by atoms with van der Waals surface area (Å²) in [4.78, 5) is 0. The van der Waals surface area contributed by atoms with Crippen molar-refractivity contribution in [3.8, 4) is 0 Å². The smallest absolute Gasteiger partial charge is 0.169 e. The van der Waals surface area contributed by atoms with E-state index < -0.39 is 0 Å². The van der Waals surface area contributed by atoms with Crippen LogP contribution >= 0.6 is 0 Å². The van der Waals surface area contributed by atoms with Crippen molar-refractivity contribution in [1.29, 1.82) is 0 Å². The summed E-state index contributed by atoms with van der Waals surface area (Å²) in [6.45, 7) is 4.80. The van der Waals surface area contributed by atoms with Crippen molar-refractivity contribution in [3.63, 3.8) is 0 Å². The Morgan fingerprint density at radius 2 is 0.826 bits per heavy atom. The van der Waals surface area contributed by atoms with E-state index in [-0.39, 0.29) is 24.6 Å². The summed E-state index contributed by atoms with van der Waals surface area (Å²) in [7, 11) is 0. The number of ether oxygens (including phenoxy) is 2. The van der Waals surface area contributed by atoms with E-state index in [1.54, 1.807) is 0 Å². The third kappa shape index (κ3) is 20.3. The zero-order valence-corrected chi connectivity index (χ0v) is 30.6. The van der Waals surface area contributed by atoms with Crippen molar-refractivity contribution < 1.29 is 14.6 Å². The minimum absolute atomic E-state index is 0.200. The number of aliphatic hydroxyl groups excluding tert-OH is 1. The van der Waals surface area contributed by atoms with E-state index in [0.717, 1.165) is 38.5 Å². The molecule has 3 nitrogen and oxygen atoms in total. The molecule has 0 bridgehead atoms. The van der Waals surface area contributed by atoms with Gasteiger partial charge < -0.3 is 14.6 Å². The zero-order chi connectivity index (χ0) is 32.8. The van der Waals surface area contributed by atoms with E-state index in [2.05, 4.69) is 62.5 Å². The normalized spacial score (nSPS) is 21.2. The zero-order valence-electron chi connectivity index (χ0n) is 30.6. The van der Waals surface area contributed by atoms with Crippen LogP contribution in [-0.2, 0) is 9.47 Å². The van der Waals surface area contributed by atoms with E-state index in [9.17, 15) is 5.11 Å². The van der Waals surface area contributed by atoms with Gasteiger partial charge >= 0.3 is 0 Å². The molecule has 1 unspecified atom stereocenters. The fraction of sp³-hybridized carbons (Fsp3) is 0.814. The van der Waals surface area contributed by atoms with Crippen molar-refractivity contribution in [1.82, 2.24) is 0 Å². The lowest BCUT2D eigenvalue weighted by molar-refractivity contribution is -0.193. The van der Waals surface area contributed by atoms with Crippen molar-refractivity contribution in [2.24, 2.45) is 5.92 Å². The van der Waals surface area contributed by atoms with Gasteiger partial charge in [0.05, 0.1) is 12.2 Å². The van der Waals surface area contributed by atoms with Crippen molar-refractivity contribution in [3.05, 3.63) is 48.6 Å². The third-order valence-corrected chi connectivity index (χ3v) is 10.1. The molecular formula is C43H76O3. The molecule has 1 saturated heterocycles.